The number of hydrogen-bond donors (Lipinski definition) is 0. The maximum Gasteiger partial charge on any atom is 0.326 e. The predicted octanol–water partition coefficient (Wildman–Crippen LogP) is 4.46. The van der Waals surface area contributed by atoms with Crippen LogP contribution in [-0.4, -0.2) is 98.4 Å². The molecule has 4 amide bonds. The normalized spacial score (nSPS) is 15.3. The van der Waals surface area contributed by atoms with Crippen molar-refractivity contribution in [2.75, 3.05) is 66.7 Å². The molecule has 0 saturated carbocycles. The van der Waals surface area contributed by atoms with Gasteiger partial charge in [-0.05, 0) is 25.7 Å². The number of amides is 4. The minimum atomic E-state index is -0.238. The molecule has 0 atom stereocenters. The topological polar surface area (TPSA) is 84.0 Å². The highest BCUT2D eigenvalue weighted by atomic mass is 16.5. The number of urea groups is 2. The summed E-state index contributed by atoms with van der Waals surface area (Å²) in [6.07, 6.45) is 7.69. The molecule has 0 aromatic rings. The summed E-state index contributed by atoms with van der Waals surface area (Å²) in [6.45, 7) is 11.2. The Bertz CT molecular complexity index is 454. The van der Waals surface area contributed by atoms with Crippen LogP contribution >= 0.6 is 0 Å². The average molecular weight is 489 g/mol. The summed E-state index contributed by atoms with van der Waals surface area (Å²) in [7, 11) is 0. The molecule has 0 spiro atoms. The molecule has 10 nitrogen and oxygen atoms in total. The molecule has 1 saturated heterocycles. The molecule has 1 aliphatic heterocycles. The van der Waals surface area contributed by atoms with Gasteiger partial charge >= 0.3 is 12.1 Å². The summed E-state index contributed by atoms with van der Waals surface area (Å²) in [4.78, 5) is 33.0. The van der Waals surface area contributed by atoms with E-state index in [0.717, 1.165) is 51.4 Å². The van der Waals surface area contributed by atoms with Crippen molar-refractivity contribution in [1.82, 2.24) is 19.6 Å². The summed E-state index contributed by atoms with van der Waals surface area (Å²) in [5, 5.41) is 0. The molecular formula is C24H48N4O6. The molecular weight excluding hydrogens is 440 g/mol. The molecule has 34 heavy (non-hydrogen) atoms. The van der Waals surface area contributed by atoms with E-state index in [2.05, 4.69) is 27.7 Å². The predicted molar refractivity (Wildman–Crippen MR) is 131 cm³/mol. The number of carbonyl (C=O) groups is 2. The van der Waals surface area contributed by atoms with Crippen LogP contribution < -0.4 is 0 Å². The molecule has 10 heteroatoms. The lowest BCUT2D eigenvalue weighted by Crippen LogP contribution is -2.60. The van der Waals surface area contributed by atoms with Crippen LogP contribution in [0.4, 0.5) is 9.59 Å². The van der Waals surface area contributed by atoms with Crippen LogP contribution in [0.1, 0.15) is 79.1 Å². The van der Waals surface area contributed by atoms with E-state index in [4.69, 9.17) is 18.9 Å². The Morgan fingerprint density at radius 1 is 0.500 bits per heavy atom. The van der Waals surface area contributed by atoms with Crippen molar-refractivity contribution in [3.63, 3.8) is 0 Å². The number of hydrogen-bond acceptors (Lipinski definition) is 6. The van der Waals surface area contributed by atoms with Crippen molar-refractivity contribution < 1.29 is 28.5 Å². The third-order valence-electron chi connectivity index (χ3n) is 5.32. The van der Waals surface area contributed by atoms with Gasteiger partial charge < -0.3 is 18.9 Å². The van der Waals surface area contributed by atoms with Gasteiger partial charge in [-0.2, -0.15) is 0 Å². The first-order chi connectivity index (χ1) is 16.6. The van der Waals surface area contributed by atoms with Crippen LogP contribution in [0.25, 0.3) is 0 Å². The van der Waals surface area contributed by atoms with Crippen LogP contribution in [0.15, 0.2) is 0 Å². The largest absolute Gasteiger partial charge is 0.361 e. The Labute approximate surface area is 206 Å². The zero-order valence-corrected chi connectivity index (χ0v) is 22.0. The molecule has 0 N–H and O–H groups in total. The minimum Gasteiger partial charge on any atom is -0.361 e. The van der Waals surface area contributed by atoms with Crippen molar-refractivity contribution in [2.45, 2.75) is 79.1 Å². The number of ether oxygens (including phenoxy) is 4. The Balaban J connectivity index is 2.97. The van der Waals surface area contributed by atoms with E-state index in [1.54, 1.807) is 0 Å². The molecule has 1 fully saturated rings. The van der Waals surface area contributed by atoms with Gasteiger partial charge in [-0.3, -0.25) is 19.6 Å². The molecule has 0 aliphatic carbocycles. The number of carbonyl (C=O) groups excluding carboxylic acids is 2. The summed E-state index contributed by atoms with van der Waals surface area (Å²) in [6, 6.07) is -0.477. The van der Waals surface area contributed by atoms with E-state index in [1.807, 2.05) is 0 Å². The third-order valence-corrected chi connectivity index (χ3v) is 5.32. The second-order valence-electron chi connectivity index (χ2n) is 8.57. The fourth-order valence-corrected chi connectivity index (χ4v) is 3.12. The Morgan fingerprint density at radius 2 is 0.735 bits per heavy atom. The van der Waals surface area contributed by atoms with Gasteiger partial charge in [0.25, 0.3) is 0 Å². The summed E-state index contributed by atoms with van der Waals surface area (Å²) < 4.78 is 22.9. The van der Waals surface area contributed by atoms with E-state index >= 15 is 0 Å². The smallest absolute Gasteiger partial charge is 0.326 e. The van der Waals surface area contributed by atoms with E-state index in [0.29, 0.717) is 26.4 Å². The average Bonchev–Trinajstić information content (AvgIpc) is 2.84. The molecule has 0 aromatic carbocycles. The third kappa shape index (κ3) is 12.2. The summed E-state index contributed by atoms with van der Waals surface area (Å²) >= 11 is 0. The maximum absolute atomic E-state index is 13.4. The Morgan fingerprint density at radius 3 is 0.941 bits per heavy atom. The second-order valence-corrected chi connectivity index (χ2v) is 8.57. The quantitative estimate of drug-likeness (QED) is 0.235. The van der Waals surface area contributed by atoms with Crippen LogP contribution in [0, 0.1) is 0 Å². The second kappa shape index (κ2) is 19.7. The number of rotatable bonds is 20. The molecule has 1 rings (SSSR count). The lowest BCUT2D eigenvalue weighted by Gasteiger charge is -2.41. The van der Waals surface area contributed by atoms with Gasteiger partial charge in [0.05, 0.1) is 0 Å². The molecule has 1 aliphatic rings. The molecule has 0 radical (unpaired) electrons. The van der Waals surface area contributed by atoms with Gasteiger partial charge in [0, 0.05) is 26.4 Å². The van der Waals surface area contributed by atoms with E-state index in [-0.39, 0.29) is 52.3 Å². The fraction of sp³-hybridized carbons (Fsp3) is 0.917. The van der Waals surface area contributed by atoms with E-state index in [1.165, 1.54) is 19.6 Å². The molecule has 0 unspecified atom stereocenters. The SMILES string of the molecule is CCCCOCN1CN(COCCCC)C(=O)N(COCCCC)CN(COCCCC)C1=O. The first-order valence-electron chi connectivity index (χ1n) is 13.0. The molecule has 1 heterocycles. The molecule has 0 aromatic heterocycles. The summed E-state index contributed by atoms with van der Waals surface area (Å²) in [5.74, 6) is 0. The van der Waals surface area contributed by atoms with Gasteiger partial charge in [-0.15, -0.1) is 0 Å². The summed E-state index contributed by atoms with van der Waals surface area (Å²) in [5.41, 5.74) is 0. The van der Waals surface area contributed by atoms with Crippen molar-refractivity contribution >= 4 is 12.1 Å². The molecule has 0 bridgehead atoms. The van der Waals surface area contributed by atoms with E-state index < -0.39 is 0 Å². The number of unbranched alkanes of at least 4 members (excludes halogenated alkanes) is 4. The Kier molecular flexibility index (Phi) is 17.6. The lowest BCUT2D eigenvalue weighted by molar-refractivity contribution is -0.0651. The van der Waals surface area contributed by atoms with Crippen LogP contribution in [-0.2, 0) is 18.9 Å². The maximum atomic E-state index is 13.4. The first kappa shape index (κ1) is 30.4. The van der Waals surface area contributed by atoms with Crippen molar-refractivity contribution in [1.29, 1.82) is 0 Å². The van der Waals surface area contributed by atoms with Gasteiger partial charge in [0.2, 0.25) is 0 Å². The highest BCUT2D eigenvalue weighted by Gasteiger charge is 2.33. The van der Waals surface area contributed by atoms with Crippen LogP contribution in [0.3, 0.4) is 0 Å². The van der Waals surface area contributed by atoms with Crippen molar-refractivity contribution in [2.24, 2.45) is 0 Å². The lowest BCUT2D eigenvalue weighted by atomic mass is 10.4. The Hall–Kier alpha value is -1.62. The number of nitrogens with zero attached hydrogens (tertiary/aromatic N) is 4. The zero-order chi connectivity index (χ0) is 25.0. The standard InChI is InChI=1S/C24H48N4O6/c1-5-9-13-31-19-25-17-26(20-32-14-10-6-2)24(30)28(22-34-16-12-8-4)18-27(23(25)29)21-33-15-11-7-3/h5-22H2,1-4H3. The highest BCUT2D eigenvalue weighted by molar-refractivity contribution is 5.79. The monoisotopic (exact) mass is 488 g/mol. The van der Waals surface area contributed by atoms with E-state index in [9.17, 15) is 9.59 Å². The van der Waals surface area contributed by atoms with Gasteiger partial charge in [0.15, 0.2) is 0 Å². The van der Waals surface area contributed by atoms with Gasteiger partial charge in [-0.1, -0.05) is 53.4 Å². The first-order valence-corrected chi connectivity index (χ1v) is 13.0. The van der Waals surface area contributed by atoms with Crippen molar-refractivity contribution in [3.05, 3.63) is 0 Å². The van der Waals surface area contributed by atoms with Gasteiger partial charge in [-0.25, -0.2) is 9.59 Å². The molecule has 200 valence electrons. The minimum absolute atomic E-state index is 0.0762. The van der Waals surface area contributed by atoms with Crippen LogP contribution in [0.5, 0.6) is 0 Å². The highest BCUT2D eigenvalue weighted by Crippen LogP contribution is 2.13. The van der Waals surface area contributed by atoms with Crippen molar-refractivity contribution in [3.8, 4) is 0 Å². The van der Waals surface area contributed by atoms with Gasteiger partial charge in [0.1, 0.15) is 40.3 Å². The fourth-order valence-electron chi connectivity index (χ4n) is 3.12. The zero-order valence-electron chi connectivity index (χ0n) is 22.0. The van der Waals surface area contributed by atoms with Crippen LogP contribution in [0.2, 0.25) is 0 Å².